The average Bonchev–Trinajstić information content (AvgIpc) is 2.87. The number of nitriles is 1. The number of aromatic nitrogens is 2. The summed E-state index contributed by atoms with van der Waals surface area (Å²) in [5.41, 5.74) is 4.59. The molecule has 0 unspecified atom stereocenters. The molecule has 0 saturated carbocycles. The molecule has 0 bridgehead atoms. The second-order valence-corrected chi connectivity index (χ2v) is 8.46. The number of hydrogen-bond donors (Lipinski definition) is 1. The third kappa shape index (κ3) is 5.53. The van der Waals surface area contributed by atoms with Gasteiger partial charge in [-0.25, -0.2) is 4.98 Å². The predicted octanol–water partition coefficient (Wildman–Crippen LogP) is 3.82. The van der Waals surface area contributed by atoms with Gasteiger partial charge in [-0.05, 0) is 44.0 Å². The Hall–Kier alpha value is -3.47. The van der Waals surface area contributed by atoms with Crippen molar-refractivity contribution in [2.45, 2.75) is 32.4 Å². The van der Waals surface area contributed by atoms with Crippen LogP contribution in [0.3, 0.4) is 0 Å². The Morgan fingerprint density at radius 2 is 1.97 bits per heavy atom. The van der Waals surface area contributed by atoms with Crippen LogP contribution < -0.4 is 15.8 Å². The molecule has 1 N–H and O–H groups in total. The number of benzene rings is 1. The van der Waals surface area contributed by atoms with Gasteiger partial charge in [-0.1, -0.05) is 43.0 Å². The van der Waals surface area contributed by atoms with Crippen molar-refractivity contribution in [3.8, 4) is 17.3 Å². The van der Waals surface area contributed by atoms with E-state index in [4.69, 9.17) is 9.72 Å². The molecule has 1 aromatic carbocycles. The lowest BCUT2D eigenvalue weighted by molar-refractivity contribution is 0.185. The Morgan fingerprint density at radius 3 is 2.53 bits per heavy atom. The molecule has 178 valence electrons. The van der Waals surface area contributed by atoms with E-state index < -0.39 is 0 Å². The third-order valence-electron chi connectivity index (χ3n) is 6.25. The van der Waals surface area contributed by atoms with E-state index in [2.05, 4.69) is 22.9 Å². The van der Waals surface area contributed by atoms with Crippen LogP contribution >= 0.6 is 0 Å². The molecule has 34 heavy (non-hydrogen) atoms. The number of nitrogens with one attached hydrogen (secondary N) is 1. The zero-order valence-corrected chi connectivity index (χ0v) is 20.5. The summed E-state index contributed by atoms with van der Waals surface area (Å²) in [6, 6.07) is 10.5. The molecule has 2 heterocycles. The normalized spacial score (nSPS) is 15.3. The first-order valence-electron chi connectivity index (χ1n) is 11.5. The maximum absolute atomic E-state index is 13.5. The number of ether oxygens (including phenoxy) is 1. The number of nitrogens with zero attached hydrogens (tertiary/aromatic N) is 4. The first-order valence-corrected chi connectivity index (χ1v) is 11.5. The van der Waals surface area contributed by atoms with Crippen molar-refractivity contribution in [1.29, 1.82) is 5.26 Å². The first-order chi connectivity index (χ1) is 16.4. The highest BCUT2D eigenvalue weighted by atomic mass is 16.5. The molecule has 2 aromatic rings. The standard InChI is InChI=1S/C27H33N5O2/c1-6-20(17-28)8-7-19(2)24-25(22-11-9-21(10-12-22)18-34-5)31(4)27(33)26(30-24)32-15-13-23(29-3)14-16-32/h6-12,23,29H,1,13-16,18H2,2-5H3/b19-7+,20-8+. The van der Waals surface area contributed by atoms with Gasteiger partial charge in [0.05, 0.1) is 29.6 Å². The van der Waals surface area contributed by atoms with Crippen LogP contribution in [-0.2, 0) is 18.4 Å². The van der Waals surface area contributed by atoms with Crippen molar-refractivity contribution >= 4 is 11.4 Å². The monoisotopic (exact) mass is 459 g/mol. The van der Waals surface area contributed by atoms with E-state index in [0.717, 1.165) is 48.3 Å². The second kappa shape index (κ2) is 11.6. The van der Waals surface area contributed by atoms with Crippen LogP contribution in [-0.4, -0.2) is 42.8 Å². The molecule has 1 aliphatic rings. The molecule has 0 amide bonds. The SMILES string of the molecule is C=C/C(C#N)=C\C=C(/C)c1nc(N2CCC(NC)CC2)c(=O)n(C)c1-c1ccc(COC)cc1. The van der Waals surface area contributed by atoms with Gasteiger partial charge in [-0.3, -0.25) is 4.79 Å². The predicted molar refractivity (Wildman–Crippen MR) is 137 cm³/mol. The Kier molecular flexibility index (Phi) is 8.58. The van der Waals surface area contributed by atoms with Crippen LogP contribution in [0.4, 0.5) is 5.82 Å². The van der Waals surface area contributed by atoms with Crippen LogP contribution in [0.1, 0.15) is 31.0 Å². The minimum atomic E-state index is -0.116. The Labute approximate surface area is 201 Å². The highest BCUT2D eigenvalue weighted by Gasteiger charge is 2.24. The molecule has 7 nitrogen and oxygen atoms in total. The van der Waals surface area contributed by atoms with Crippen LogP contribution in [0, 0.1) is 11.3 Å². The molecule has 7 heteroatoms. The summed E-state index contributed by atoms with van der Waals surface area (Å²) >= 11 is 0. The zero-order valence-electron chi connectivity index (χ0n) is 20.5. The van der Waals surface area contributed by atoms with Crippen LogP contribution in [0.5, 0.6) is 0 Å². The lowest BCUT2D eigenvalue weighted by Crippen LogP contribution is -2.44. The van der Waals surface area contributed by atoms with E-state index in [0.29, 0.717) is 29.7 Å². The summed E-state index contributed by atoms with van der Waals surface area (Å²) in [6.45, 7) is 7.70. The fraction of sp³-hybridized carbons (Fsp3) is 0.370. The molecule has 0 radical (unpaired) electrons. The van der Waals surface area contributed by atoms with E-state index in [9.17, 15) is 10.1 Å². The van der Waals surface area contributed by atoms with Gasteiger partial charge in [0.2, 0.25) is 0 Å². The maximum atomic E-state index is 13.5. The molecular weight excluding hydrogens is 426 g/mol. The summed E-state index contributed by atoms with van der Waals surface area (Å²) in [6.07, 6.45) is 7.01. The van der Waals surface area contributed by atoms with Crippen molar-refractivity contribution in [3.63, 3.8) is 0 Å². The van der Waals surface area contributed by atoms with Gasteiger partial charge in [0.1, 0.15) is 0 Å². The highest BCUT2D eigenvalue weighted by Crippen LogP contribution is 2.29. The number of hydrogen-bond acceptors (Lipinski definition) is 6. The van der Waals surface area contributed by atoms with Crippen molar-refractivity contribution < 1.29 is 4.74 Å². The van der Waals surface area contributed by atoms with Gasteiger partial charge in [-0.2, -0.15) is 5.26 Å². The van der Waals surface area contributed by atoms with E-state index in [-0.39, 0.29) is 5.56 Å². The molecule has 0 spiro atoms. The van der Waals surface area contributed by atoms with Gasteiger partial charge < -0.3 is 19.5 Å². The fourth-order valence-electron chi connectivity index (χ4n) is 4.18. The number of methoxy groups -OCH3 is 1. The summed E-state index contributed by atoms with van der Waals surface area (Å²) < 4.78 is 6.91. The molecular formula is C27H33N5O2. The Balaban J connectivity index is 2.15. The van der Waals surface area contributed by atoms with Crippen LogP contribution in [0.2, 0.25) is 0 Å². The lowest BCUT2D eigenvalue weighted by atomic mass is 10.0. The van der Waals surface area contributed by atoms with E-state index >= 15 is 0 Å². The van der Waals surface area contributed by atoms with Gasteiger partial charge in [0, 0.05) is 38.9 Å². The van der Waals surface area contributed by atoms with E-state index in [1.807, 2.05) is 44.3 Å². The van der Waals surface area contributed by atoms with E-state index in [1.165, 1.54) is 6.08 Å². The van der Waals surface area contributed by atoms with Gasteiger partial charge in [-0.15, -0.1) is 0 Å². The van der Waals surface area contributed by atoms with Gasteiger partial charge >= 0.3 is 0 Å². The van der Waals surface area contributed by atoms with Gasteiger partial charge in [0.25, 0.3) is 5.56 Å². The zero-order chi connectivity index (χ0) is 24.7. The van der Waals surface area contributed by atoms with Crippen molar-refractivity contribution in [2.75, 3.05) is 32.1 Å². The summed E-state index contributed by atoms with van der Waals surface area (Å²) in [5, 5.41) is 12.6. The first kappa shape index (κ1) is 25.2. The molecule has 0 aliphatic carbocycles. The molecule has 0 atom stereocenters. The summed E-state index contributed by atoms with van der Waals surface area (Å²) in [5.74, 6) is 0.466. The van der Waals surface area contributed by atoms with E-state index in [1.54, 1.807) is 24.8 Å². The number of rotatable bonds is 8. The molecule has 3 rings (SSSR count). The number of piperidine rings is 1. The van der Waals surface area contributed by atoms with Crippen molar-refractivity contribution in [2.24, 2.45) is 7.05 Å². The second-order valence-electron chi connectivity index (χ2n) is 8.46. The number of allylic oxidation sites excluding steroid dienone is 5. The molecule has 1 aromatic heterocycles. The molecule has 1 aliphatic heterocycles. The minimum absolute atomic E-state index is 0.116. The topological polar surface area (TPSA) is 83.2 Å². The smallest absolute Gasteiger partial charge is 0.293 e. The van der Waals surface area contributed by atoms with Crippen molar-refractivity contribution in [3.05, 3.63) is 76.3 Å². The highest BCUT2D eigenvalue weighted by molar-refractivity contribution is 5.78. The third-order valence-corrected chi connectivity index (χ3v) is 6.25. The number of anilines is 1. The summed E-state index contributed by atoms with van der Waals surface area (Å²) in [4.78, 5) is 20.4. The quantitative estimate of drug-likeness (QED) is 0.477. The Bertz CT molecular complexity index is 1180. The molecule has 1 saturated heterocycles. The minimum Gasteiger partial charge on any atom is -0.380 e. The van der Waals surface area contributed by atoms with Gasteiger partial charge in [0.15, 0.2) is 5.82 Å². The lowest BCUT2D eigenvalue weighted by Gasteiger charge is -2.33. The van der Waals surface area contributed by atoms with Crippen LogP contribution in [0.15, 0.2) is 59.4 Å². The maximum Gasteiger partial charge on any atom is 0.293 e. The average molecular weight is 460 g/mol. The Morgan fingerprint density at radius 1 is 1.29 bits per heavy atom. The van der Waals surface area contributed by atoms with Crippen LogP contribution in [0.25, 0.3) is 16.8 Å². The fourth-order valence-corrected chi connectivity index (χ4v) is 4.18. The van der Waals surface area contributed by atoms with Crippen molar-refractivity contribution in [1.82, 2.24) is 14.9 Å². The largest absolute Gasteiger partial charge is 0.380 e. The summed E-state index contributed by atoms with van der Waals surface area (Å²) in [7, 11) is 5.43. The molecule has 1 fully saturated rings.